The molecule has 0 aromatic heterocycles. The van der Waals surface area contributed by atoms with Gasteiger partial charge >= 0.3 is 0 Å². The molecule has 1 atom stereocenters. The van der Waals surface area contributed by atoms with Crippen LogP contribution in [0.25, 0.3) is 0 Å². The third-order valence-corrected chi connectivity index (χ3v) is 2.12. The molecule has 4 nitrogen and oxygen atoms in total. The number of phenols is 2. The summed E-state index contributed by atoms with van der Waals surface area (Å²) in [6.45, 7) is 0.0767. The summed E-state index contributed by atoms with van der Waals surface area (Å²) in [5, 5.41) is 27.3. The van der Waals surface area contributed by atoms with Crippen LogP contribution in [0.15, 0.2) is 18.2 Å². The number of aliphatic hydroxyl groups is 1. The van der Waals surface area contributed by atoms with Crippen LogP contribution in [0.3, 0.4) is 0 Å². The molecule has 0 fully saturated rings. The minimum absolute atomic E-state index is 0.0767. The lowest BCUT2D eigenvalue weighted by atomic mass is 10.0. The van der Waals surface area contributed by atoms with Crippen LogP contribution in [0, 0.1) is 0 Å². The van der Waals surface area contributed by atoms with Crippen LogP contribution in [0.1, 0.15) is 24.4 Å². The monoisotopic (exact) mass is 197 g/mol. The van der Waals surface area contributed by atoms with Gasteiger partial charge in [-0.1, -0.05) is 12.1 Å². The van der Waals surface area contributed by atoms with Gasteiger partial charge in [0.15, 0.2) is 11.5 Å². The molecule has 1 aromatic carbocycles. The average Bonchev–Trinajstić information content (AvgIpc) is 2.18. The second-order valence-corrected chi connectivity index (χ2v) is 3.19. The molecule has 0 aliphatic carbocycles. The lowest BCUT2D eigenvalue weighted by Gasteiger charge is -2.13. The molecule has 1 aromatic rings. The fourth-order valence-corrected chi connectivity index (χ4v) is 1.31. The standard InChI is InChI=1S/C10H15NO3/c11-8(4-2-6-12)7-3-1-5-9(13)10(7)14/h1,3,5,8,12-14H,2,4,6,11H2/t8-/m1/s1. The first-order valence-corrected chi connectivity index (χ1v) is 4.54. The van der Waals surface area contributed by atoms with E-state index < -0.39 is 0 Å². The van der Waals surface area contributed by atoms with Crippen molar-refractivity contribution in [3.63, 3.8) is 0 Å². The molecule has 78 valence electrons. The number of phenolic OH excluding ortho intramolecular Hbond substituents is 2. The Kier molecular flexibility index (Phi) is 3.73. The van der Waals surface area contributed by atoms with E-state index in [1.54, 1.807) is 12.1 Å². The number of aromatic hydroxyl groups is 2. The maximum Gasteiger partial charge on any atom is 0.162 e. The van der Waals surface area contributed by atoms with E-state index in [9.17, 15) is 10.2 Å². The SMILES string of the molecule is N[C@H](CCCO)c1cccc(O)c1O. The van der Waals surface area contributed by atoms with Gasteiger partial charge in [0.2, 0.25) is 0 Å². The van der Waals surface area contributed by atoms with E-state index in [2.05, 4.69) is 0 Å². The smallest absolute Gasteiger partial charge is 0.162 e. The quantitative estimate of drug-likeness (QED) is 0.539. The Morgan fingerprint density at radius 3 is 2.64 bits per heavy atom. The summed E-state index contributed by atoms with van der Waals surface area (Å²) < 4.78 is 0. The van der Waals surface area contributed by atoms with Crippen LogP contribution in [-0.4, -0.2) is 21.9 Å². The molecule has 0 bridgehead atoms. The lowest BCUT2D eigenvalue weighted by molar-refractivity contribution is 0.279. The van der Waals surface area contributed by atoms with Crippen molar-refractivity contribution in [2.75, 3.05) is 6.61 Å². The zero-order chi connectivity index (χ0) is 10.6. The molecule has 4 heteroatoms. The van der Waals surface area contributed by atoms with Crippen molar-refractivity contribution < 1.29 is 15.3 Å². The Morgan fingerprint density at radius 2 is 2.00 bits per heavy atom. The number of aliphatic hydroxyl groups excluding tert-OH is 1. The van der Waals surface area contributed by atoms with Gasteiger partial charge in [-0.15, -0.1) is 0 Å². The number of para-hydroxylation sites is 1. The average molecular weight is 197 g/mol. The number of hydrogen-bond donors (Lipinski definition) is 4. The highest BCUT2D eigenvalue weighted by Gasteiger charge is 2.12. The minimum Gasteiger partial charge on any atom is -0.504 e. The number of hydrogen-bond acceptors (Lipinski definition) is 4. The maximum absolute atomic E-state index is 9.47. The largest absolute Gasteiger partial charge is 0.504 e. The van der Waals surface area contributed by atoms with E-state index in [4.69, 9.17) is 10.8 Å². The van der Waals surface area contributed by atoms with E-state index in [1.165, 1.54) is 6.07 Å². The molecule has 0 saturated heterocycles. The molecule has 0 amide bonds. The third kappa shape index (κ3) is 2.37. The van der Waals surface area contributed by atoms with Crippen LogP contribution in [0.4, 0.5) is 0 Å². The first-order valence-electron chi connectivity index (χ1n) is 4.54. The van der Waals surface area contributed by atoms with Crippen molar-refractivity contribution in [1.82, 2.24) is 0 Å². The molecule has 0 spiro atoms. The van der Waals surface area contributed by atoms with E-state index >= 15 is 0 Å². The van der Waals surface area contributed by atoms with Crippen molar-refractivity contribution in [3.8, 4) is 11.5 Å². The summed E-state index contributed by atoms with van der Waals surface area (Å²) in [5.74, 6) is -0.333. The molecule has 5 N–H and O–H groups in total. The van der Waals surface area contributed by atoms with Crippen molar-refractivity contribution in [2.45, 2.75) is 18.9 Å². The Morgan fingerprint density at radius 1 is 1.29 bits per heavy atom. The molecule has 14 heavy (non-hydrogen) atoms. The number of rotatable bonds is 4. The molecular formula is C10H15NO3. The molecule has 0 radical (unpaired) electrons. The first-order chi connectivity index (χ1) is 6.66. The molecule has 0 heterocycles. The second kappa shape index (κ2) is 4.83. The maximum atomic E-state index is 9.47. The van der Waals surface area contributed by atoms with E-state index in [1.807, 2.05) is 0 Å². The predicted octanol–water partition coefficient (Wildman–Crippen LogP) is 0.870. The zero-order valence-corrected chi connectivity index (χ0v) is 7.85. The van der Waals surface area contributed by atoms with Gasteiger partial charge in [-0.2, -0.15) is 0 Å². The molecular weight excluding hydrogens is 182 g/mol. The summed E-state index contributed by atoms with van der Waals surface area (Å²) in [6.07, 6.45) is 1.16. The Labute approximate surface area is 82.6 Å². The molecule has 0 aliphatic rings. The zero-order valence-electron chi connectivity index (χ0n) is 7.85. The topological polar surface area (TPSA) is 86.7 Å². The lowest BCUT2D eigenvalue weighted by Crippen LogP contribution is -2.10. The van der Waals surface area contributed by atoms with Crippen molar-refractivity contribution in [2.24, 2.45) is 5.73 Å². The Balaban J connectivity index is 2.79. The highest BCUT2D eigenvalue weighted by atomic mass is 16.3. The summed E-state index contributed by atoms with van der Waals surface area (Å²) >= 11 is 0. The van der Waals surface area contributed by atoms with Crippen LogP contribution < -0.4 is 5.73 Å². The van der Waals surface area contributed by atoms with Crippen LogP contribution >= 0.6 is 0 Å². The van der Waals surface area contributed by atoms with Crippen LogP contribution in [0.5, 0.6) is 11.5 Å². The summed E-state index contributed by atoms with van der Waals surface area (Å²) in [6, 6.07) is 4.34. The minimum atomic E-state index is -0.353. The van der Waals surface area contributed by atoms with Gasteiger partial charge in [0.1, 0.15) is 0 Å². The van der Waals surface area contributed by atoms with Gasteiger partial charge in [-0.25, -0.2) is 0 Å². The normalized spacial score (nSPS) is 12.7. The summed E-state index contributed by atoms with van der Waals surface area (Å²) in [4.78, 5) is 0. The second-order valence-electron chi connectivity index (χ2n) is 3.19. The van der Waals surface area contributed by atoms with Crippen molar-refractivity contribution in [1.29, 1.82) is 0 Å². The third-order valence-electron chi connectivity index (χ3n) is 2.12. The van der Waals surface area contributed by atoms with E-state index in [0.29, 0.717) is 18.4 Å². The van der Waals surface area contributed by atoms with Gasteiger partial charge < -0.3 is 21.1 Å². The van der Waals surface area contributed by atoms with E-state index in [-0.39, 0.29) is 24.1 Å². The summed E-state index contributed by atoms with van der Waals surface area (Å²) in [5.41, 5.74) is 6.28. The molecule has 0 aliphatic heterocycles. The summed E-state index contributed by atoms with van der Waals surface area (Å²) in [7, 11) is 0. The molecule has 1 rings (SSSR count). The highest BCUT2D eigenvalue weighted by Crippen LogP contribution is 2.32. The van der Waals surface area contributed by atoms with Gasteiger partial charge in [-0.05, 0) is 18.9 Å². The van der Waals surface area contributed by atoms with Crippen LogP contribution in [0.2, 0.25) is 0 Å². The van der Waals surface area contributed by atoms with Crippen molar-refractivity contribution in [3.05, 3.63) is 23.8 Å². The fraction of sp³-hybridized carbons (Fsp3) is 0.400. The number of nitrogens with two attached hydrogens (primary N) is 1. The van der Waals surface area contributed by atoms with Gasteiger partial charge in [0.05, 0.1) is 0 Å². The Hall–Kier alpha value is -1.26. The van der Waals surface area contributed by atoms with Crippen molar-refractivity contribution >= 4 is 0 Å². The molecule has 0 saturated carbocycles. The predicted molar refractivity (Wildman–Crippen MR) is 53.0 cm³/mol. The van der Waals surface area contributed by atoms with Gasteiger partial charge in [-0.3, -0.25) is 0 Å². The van der Waals surface area contributed by atoms with Gasteiger partial charge in [0.25, 0.3) is 0 Å². The fourth-order valence-electron chi connectivity index (χ4n) is 1.31. The van der Waals surface area contributed by atoms with E-state index in [0.717, 1.165) is 0 Å². The molecule has 0 unspecified atom stereocenters. The Bertz CT molecular complexity index is 301. The highest BCUT2D eigenvalue weighted by molar-refractivity contribution is 5.45. The van der Waals surface area contributed by atoms with Crippen LogP contribution in [-0.2, 0) is 0 Å². The number of benzene rings is 1. The first kappa shape index (κ1) is 10.8. The van der Waals surface area contributed by atoms with Gasteiger partial charge in [0, 0.05) is 18.2 Å².